The van der Waals surface area contributed by atoms with E-state index in [9.17, 15) is 0 Å². The molecule has 0 amide bonds. The first-order valence-electron chi connectivity index (χ1n) is 5.49. The standard InChI is InChI=1S/C11H21N/c1-9-11-6-4-3-5-10(11)7-8-12(9)2/h9-11H,3-8H2,1-2H3. The predicted molar refractivity (Wildman–Crippen MR) is 52.2 cm³/mol. The summed E-state index contributed by atoms with van der Waals surface area (Å²) >= 11 is 0. The highest BCUT2D eigenvalue weighted by molar-refractivity contribution is 4.87. The molecular formula is C11H21N. The van der Waals surface area contributed by atoms with Crippen molar-refractivity contribution in [3.63, 3.8) is 0 Å². The van der Waals surface area contributed by atoms with Gasteiger partial charge in [-0.25, -0.2) is 0 Å². The molecule has 1 saturated heterocycles. The highest BCUT2D eigenvalue weighted by Crippen LogP contribution is 2.38. The molecule has 3 unspecified atom stereocenters. The van der Waals surface area contributed by atoms with Gasteiger partial charge in [0.15, 0.2) is 0 Å². The first-order chi connectivity index (χ1) is 5.79. The second-order valence-corrected chi connectivity index (χ2v) is 4.72. The summed E-state index contributed by atoms with van der Waals surface area (Å²) in [6.07, 6.45) is 7.46. The number of likely N-dealkylation sites (tertiary alicyclic amines) is 1. The molecule has 12 heavy (non-hydrogen) atoms. The second kappa shape index (κ2) is 3.37. The molecule has 0 aromatic heterocycles. The van der Waals surface area contributed by atoms with Gasteiger partial charge in [0.25, 0.3) is 0 Å². The number of fused-ring (bicyclic) bond motifs is 1. The zero-order chi connectivity index (χ0) is 8.55. The van der Waals surface area contributed by atoms with Crippen LogP contribution < -0.4 is 0 Å². The minimum atomic E-state index is 0.851. The zero-order valence-corrected chi connectivity index (χ0v) is 8.42. The number of hydrogen-bond acceptors (Lipinski definition) is 1. The summed E-state index contributed by atoms with van der Waals surface area (Å²) in [6.45, 7) is 3.75. The van der Waals surface area contributed by atoms with Gasteiger partial charge in [0, 0.05) is 6.04 Å². The van der Waals surface area contributed by atoms with Gasteiger partial charge in [-0.2, -0.15) is 0 Å². The molecule has 1 nitrogen and oxygen atoms in total. The van der Waals surface area contributed by atoms with Gasteiger partial charge in [-0.3, -0.25) is 0 Å². The molecular weight excluding hydrogens is 146 g/mol. The fourth-order valence-electron chi connectivity index (χ4n) is 3.13. The molecule has 2 fully saturated rings. The molecule has 1 aliphatic carbocycles. The third-order valence-electron chi connectivity index (χ3n) is 4.14. The Kier molecular flexibility index (Phi) is 2.40. The van der Waals surface area contributed by atoms with Crippen LogP contribution >= 0.6 is 0 Å². The van der Waals surface area contributed by atoms with Crippen LogP contribution in [0.1, 0.15) is 39.0 Å². The van der Waals surface area contributed by atoms with Gasteiger partial charge in [0.2, 0.25) is 0 Å². The minimum Gasteiger partial charge on any atom is -0.303 e. The Bertz CT molecular complexity index is 153. The second-order valence-electron chi connectivity index (χ2n) is 4.72. The van der Waals surface area contributed by atoms with Crippen molar-refractivity contribution in [3.05, 3.63) is 0 Å². The number of hydrogen-bond donors (Lipinski definition) is 0. The van der Waals surface area contributed by atoms with E-state index in [2.05, 4.69) is 18.9 Å². The van der Waals surface area contributed by atoms with E-state index in [1.54, 1.807) is 0 Å². The van der Waals surface area contributed by atoms with Crippen molar-refractivity contribution in [2.45, 2.75) is 45.1 Å². The van der Waals surface area contributed by atoms with Crippen molar-refractivity contribution < 1.29 is 0 Å². The van der Waals surface area contributed by atoms with Crippen LogP contribution in [-0.2, 0) is 0 Å². The molecule has 2 rings (SSSR count). The number of rotatable bonds is 0. The predicted octanol–water partition coefficient (Wildman–Crippen LogP) is 2.52. The van der Waals surface area contributed by atoms with E-state index in [4.69, 9.17) is 0 Å². The van der Waals surface area contributed by atoms with Gasteiger partial charge in [-0.05, 0) is 45.2 Å². The van der Waals surface area contributed by atoms with E-state index in [1.807, 2.05) is 0 Å². The smallest absolute Gasteiger partial charge is 0.00948 e. The lowest BCUT2D eigenvalue weighted by atomic mass is 9.71. The van der Waals surface area contributed by atoms with E-state index in [0.717, 1.165) is 17.9 Å². The summed E-state index contributed by atoms with van der Waals surface area (Å²) < 4.78 is 0. The Morgan fingerprint density at radius 1 is 1.08 bits per heavy atom. The lowest BCUT2D eigenvalue weighted by molar-refractivity contribution is 0.0509. The summed E-state index contributed by atoms with van der Waals surface area (Å²) in [5.41, 5.74) is 0. The van der Waals surface area contributed by atoms with Crippen molar-refractivity contribution in [1.29, 1.82) is 0 Å². The van der Waals surface area contributed by atoms with Crippen LogP contribution in [-0.4, -0.2) is 24.5 Å². The van der Waals surface area contributed by atoms with Crippen LogP contribution in [0.2, 0.25) is 0 Å². The maximum atomic E-state index is 2.55. The first-order valence-corrected chi connectivity index (χ1v) is 5.49. The Balaban J connectivity index is 2.03. The monoisotopic (exact) mass is 167 g/mol. The minimum absolute atomic E-state index is 0.851. The lowest BCUT2D eigenvalue weighted by Gasteiger charge is -2.45. The van der Waals surface area contributed by atoms with E-state index in [0.29, 0.717) is 0 Å². The molecule has 1 heterocycles. The quantitative estimate of drug-likeness (QED) is 0.536. The topological polar surface area (TPSA) is 3.24 Å². The molecule has 1 saturated carbocycles. The molecule has 3 atom stereocenters. The maximum absolute atomic E-state index is 2.55. The Morgan fingerprint density at radius 2 is 1.83 bits per heavy atom. The summed E-state index contributed by atoms with van der Waals surface area (Å²) in [5, 5.41) is 0. The van der Waals surface area contributed by atoms with Gasteiger partial charge in [0.1, 0.15) is 0 Å². The van der Waals surface area contributed by atoms with Crippen LogP contribution in [0.3, 0.4) is 0 Å². The van der Waals surface area contributed by atoms with Gasteiger partial charge < -0.3 is 4.90 Å². The van der Waals surface area contributed by atoms with Crippen molar-refractivity contribution in [2.75, 3.05) is 13.6 Å². The average Bonchev–Trinajstić information content (AvgIpc) is 2.12. The maximum Gasteiger partial charge on any atom is 0.00948 e. The van der Waals surface area contributed by atoms with Crippen molar-refractivity contribution in [1.82, 2.24) is 4.90 Å². The molecule has 0 bridgehead atoms. The molecule has 0 radical (unpaired) electrons. The summed E-state index contributed by atoms with van der Waals surface area (Å²) in [5.74, 6) is 2.10. The summed E-state index contributed by atoms with van der Waals surface area (Å²) in [7, 11) is 2.29. The van der Waals surface area contributed by atoms with Crippen LogP contribution in [0, 0.1) is 11.8 Å². The molecule has 0 aromatic carbocycles. The SMILES string of the molecule is CC1C2CCCCC2CCN1C. The zero-order valence-electron chi connectivity index (χ0n) is 8.42. The van der Waals surface area contributed by atoms with Crippen molar-refractivity contribution in [3.8, 4) is 0 Å². The van der Waals surface area contributed by atoms with E-state index in [1.165, 1.54) is 38.6 Å². The number of piperidine rings is 1. The van der Waals surface area contributed by atoms with Crippen molar-refractivity contribution >= 4 is 0 Å². The Hall–Kier alpha value is -0.0400. The number of nitrogens with zero attached hydrogens (tertiary/aromatic N) is 1. The lowest BCUT2D eigenvalue weighted by Crippen LogP contribution is -2.46. The third-order valence-corrected chi connectivity index (χ3v) is 4.14. The molecule has 1 aliphatic heterocycles. The van der Waals surface area contributed by atoms with Crippen LogP contribution in [0.5, 0.6) is 0 Å². The highest BCUT2D eigenvalue weighted by atomic mass is 15.1. The highest BCUT2D eigenvalue weighted by Gasteiger charge is 2.34. The summed E-state index contributed by atoms with van der Waals surface area (Å²) in [4.78, 5) is 2.55. The fraction of sp³-hybridized carbons (Fsp3) is 1.00. The van der Waals surface area contributed by atoms with E-state index in [-0.39, 0.29) is 0 Å². The molecule has 0 aromatic rings. The molecule has 2 aliphatic rings. The third kappa shape index (κ3) is 1.39. The fourth-order valence-corrected chi connectivity index (χ4v) is 3.13. The normalized spacial score (nSPS) is 44.0. The first kappa shape index (κ1) is 8.55. The largest absolute Gasteiger partial charge is 0.303 e. The van der Waals surface area contributed by atoms with E-state index < -0.39 is 0 Å². The van der Waals surface area contributed by atoms with Gasteiger partial charge >= 0.3 is 0 Å². The van der Waals surface area contributed by atoms with Crippen molar-refractivity contribution in [2.24, 2.45) is 11.8 Å². The van der Waals surface area contributed by atoms with Gasteiger partial charge in [0.05, 0.1) is 0 Å². The van der Waals surface area contributed by atoms with Gasteiger partial charge in [-0.15, -0.1) is 0 Å². The van der Waals surface area contributed by atoms with E-state index >= 15 is 0 Å². The molecule has 0 spiro atoms. The molecule has 0 N–H and O–H groups in total. The van der Waals surface area contributed by atoms with Gasteiger partial charge in [-0.1, -0.05) is 19.3 Å². The van der Waals surface area contributed by atoms with Crippen LogP contribution in [0.4, 0.5) is 0 Å². The Labute approximate surface area is 76.1 Å². The summed E-state index contributed by atoms with van der Waals surface area (Å²) in [6, 6.07) is 0.851. The van der Waals surface area contributed by atoms with Crippen LogP contribution in [0.15, 0.2) is 0 Å². The average molecular weight is 167 g/mol. The van der Waals surface area contributed by atoms with Crippen LogP contribution in [0.25, 0.3) is 0 Å². The molecule has 70 valence electrons. The molecule has 1 heteroatoms. The Morgan fingerprint density at radius 3 is 2.67 bits per heavy atom.